The Kier molecular flexibility index (Phi) is 3.39. The highest BCUT2D eigenvalue weighted by Crippen LogP contribution is 2.16. The van der Waals surface area contributed by atoms with E-state index >= 15 is 0 Å². The molecule has 0 atom stereocenters. The number of benzene rings is 1. The second-order valence-electron chi connectivity index (χ2n) is 4.10. The molecule has 6 nitrogen and oxygen atoms in total. The first kappa shape index (κ1) is 13.3. The van der Waals surface area contributed by atoms with Crippen LogP contribution in [-0.2, 0) is 16.9 Å². The minimum absolute atomic E-state index is 0.00318. The average Bonchev–Trinajstić information content (AvgIpc) is 2.73. The number of aryl methyl sites for hydroxylation is 1. The number of carbonyl (C=O) groups excluding carboxylic acids is 1. The van der Waals surface area contributed by atoms with E-state index < -0.39 is 15.7 Å². The Balaban J connectivity index is 2.35. The SMILES string of the molecule is Cn1ccc(NC(=O)c2ccccc2S(C)(=O)=O)n1. The number of aromatic nitrogens is 2. The number of anilines is 1. The maximum Gasteiger partial charge on any atom is 0.258 e. The molecule has 7 heteroatoms. The van der Waals surface area contributed by atoms with E-state index in [-0.39, 0.29) is 10.5 Å². The van der Waals surface area contributed by atoms with Crippen molar-refractivity contribution in [2.45, 2.75) is 4.90 Å². The Hall–Kier alpha value is -2.15. The van der Waals surface area contributed by atoms with Crippen molar-refractivity contribution in [2.75, 3.05) is 11.6 Å². The van der Waals surface area contributed by atoms with Crippen LogP contribution in [0.25, 0.3) is 0 Å². The molecular weight excluding hydrogens is 266 g/mol. The van der Waals surface area contributed by atoms with Gasteiger partial charge >= 0.3 is 0 Å². The number of carbonyl (C=O) groups is 1. The summed E-state index contributed by atoms with van der Waals surface area (Å²) in [6, 6.07) is 7.69. The Morgan fingerprint density at radius 1 is 1.26 bits per heavy atom. The highest BCUT2D eigenvalue weighted by Gasteiger charge is 2.18. The molecule has 1 amide bonds. The van der Waals surface area contributed by atoms with E-state index in [0.29, 0.717) is 5.82 Å². The van der Waals surface area contributed by atoms with Crippen LogP contribution in [0.3, 0.4) is 0 Å². The van der Waals surface area contributed by atoms with Gasteiger partial charge < -0.3 is 5.32 Å². The fourth-order valence-corrected chi connectivity index (χ4v) is 2.53. The molecule has 2 rings (SSSR count). The average molecular weight is 279 g/mol. The van der Waals surface area contributed by atoms with Crippen LogP contribution in [0.5, 0.6) is 0 Å². The summed E-state index contributed by atoms with van der Waals surface area (Å²) in [6.45, 7) is 0. The number of amides is 1. The lowest BCUT2D eigenvalue weighted by molar-refractivity contribution is 0.102. The van der Waals surface area contributed by atoms with Gasteiger partial charge in [-0.05, 0) is 12.1 Å². The van der Waals surface area contributed by atoms with Crippen molar-refractivity contribution < 1.29 is 13.2 Å². The van der Waals surface area contributed by atoms with Gasteiger partial charge in [-0.1, -0.05) is 12.1 Å². The molecule has 1 aromatic carbocycles. The van der Waals surface area contributed by atoms with Gasteiger partial charge in [0.15, 0.2) is 15.7 Å². The summed E-state index contributed by atoms with van der Waals surface area (Å²) in [4.78, 5) is 12.1. The van der Waals surface area contributed by atoms with Gasteiger partial charge in [0.1, 0.15) is 0 Å². The van der Waals surface area contributed by atoms with Gasteiger partial charge in [0, 0.05) is 25.6 Å². The zero-order valence-corrected chi connectivity index (χ0v) is 11.3. The second-order valence-corrected chi connectivity index (χ2v) is 6.08. The molecule has 100 valence electrons. The number of hydrogen-bond donors (Lipinski definition) is 1. The molecule has 1 aromatic heterocycles. The third-order valence-corrected chi connectivity index (χ3v) is 3.64. The van der Waals surface area contributed by atoms with Crippen molar-refractivity contribution in [1.82, 2.24) is 9.78 Å². The van der Waals surface area contributed by atoms with Crippen molar-refractivity contribution in [2.24, 2.45) is 7.05 Å². The predicted molar refractivity (Wildman–Crippen MR) is 70.7 cm³/mol. The van der Waals surface area contributed by atoms with Gasteiger partial charge in [-0.25, -0.2) is 8.42 Å². The van der Waals surface area contributed by atoms with Crippen LogP contribution in [0.15, 0.2) is 41.4 Å². The third kappa shape index (κ3) is 3.00. The Labute approximate surface area is 111 Å². The lowest BCUT2D eigenvalue weighted by Crippen LogP contribution is -2.16. The molecule has 0 aliphatic carbocycles. The third-order valence-electron chi connectivity index (χ3n) is 2.49. The molecule has 1 N–H and O–H groups in total. The molecule has 2 aromatic rings. The van der Waals surface area contributed by atoms with E-state index in [0.717, 1.165) is 6.26 Å². The number of rotatable bonds is 3. The van der Waals surface area contributed by atoms with Gasteiger partial charge in [0.25, 0.3) is 5.91 Å². The molecule has 0 aliphatic rings. The van der Waals surface area contributed by atoms with Crippen molar-refractivity contribution in [3.63, 3.8) is 0 Å². The van der Waals surface area contributed by atoms with E-state index in [4.69, 9.17) is 0 Å². The maximum atomic E-state index is 12.1. The topological polar surface area (TPSA) is 81.1 Å². The molecule has 0 aliphatic heterocycles. The first-order valence-electron chi connectivity index (χ1n) is 5.48. The van der Waals surface area contributed by atoms with Crippen LogP contribution >= 0.6 is 0 Å². The zero-order chi connectivity index (χ0) is 14.0. The Bertz CT molecular complexity index is 719. The standard InChI is InChI=1S/C12H13N3O3S/c1-15-8-7-11(14-15)13-12(16)9-5-3-4-6-10(9)19(2,17)18/h3-8H,1-2H3,(H,13,14,16). The van der Waals surface area contributed by atoms with Gasteiger partial charge in [-0.15, -0.1) is 0 Å². The molecule has 0 radical (unpaired) electrons. The summed E-state index contributed by atoms with van der Waals surface area (Å²) < 4.78 is 24.8. The smallest absolute Gasteiger partial charge is 0.258 e. The van der Waals surface area contributed by atoms with Crippen LogP contribution in [-0.4, -0.2) is 30.4 Å². The largest absolute Gasteiger partial charge is 0.305 e. The van der Waals surface area contributed by atoms with Crippen molar-refractivity contribution in [3.05, 3.63) is 42.1 Å². The summed E-state index contributed by atoms with van der Waals surface area (Å²) in [5, 5.41) is 6.56. The van der Waals surface area contributed by atoms with Crippen molar-refractivity contribution in [1.29, 1.82) is 0 Å². The molecule has 0 fully saturated rings. The van der Waals surface area contributed by atoms with E-state index in [1.807, 2.05) is 0 Å². The lowest BCUT2D eigenvalue weighted by atomic mass is 10.2. The van der Waals surface area contributed by atoms with Gasteiger partial charge in [-0.3, -0.25) is 9.48 Å². The molecule has 19 heavy (non-hydrogen) atoms. The molecule has 0 saturated carbocycles. The monoisotopic (exact) mass is 279 g/mol. The number of hydrogen-bond acceptors (Lipinski definition) is 4. The molecule has 0 bridgehead atoms. The summed E-state index contributed by atoms with van der Waals surface area (Å²) in [5.41, 5.74) is 0.107. The van der Waals surface area contributed by atoms with Gasteiger partial charge in [-0.2, -0.15) is 5.10 Å². The summed E-state index contributed by atoms with van der Waals surface area (Å²) in [7, 11) is -1.73. The molecule has 0 saturated heterocycles. The van der Waals surface area contributed by atoms with Gasteiger partial charge in [0.05, 0.1) is 10.5 Å². The van der Waals surface area contributed by atoms with Crippen LogP contribution in [0.4, 0.5) is 5.82 Å². The van der Waals surface area contributed by atoms with E-state index in [1.54, 1.807) is 31.4 Å². The molecular formula is C12H13N3O3S. The van der Waals surface area contributed by atoms with E-state index in [9.17, 15) is 13.2 Å². The fraction of sp³-hybridized carbons (Fsp3) is 0.167. The minimum Gasteiger partial charge on any atom is -0.305 e. The van der Waals surface area contributed by atoms with E-state index in [2.05, 4.69) is 10.4 Å². The second kappa shape index (κ2) is 4.85. The fourth-order valence-electron chi connectivity index (χ4n) is 1.64. The van der Waals surface area contributed by atoms with E-state index in [1.165, 1.54) is 16.8 Å². The summed E-state index contributed by atoms with van der Waals surface area (Å²) in [5.74, 6) is -0.129. The number of nitrogens with one attached hydrogen (secondary N) is 1. The van der Waals surface area contributed by atoms with Crippen LogP contribution in [0.2, 0.25) is 0 Å². The van der Waals surface area contributed by atoms with Crippen molar-refractivity contribution in [3.8, 4) is 0 Å². The van der Waals surface area contributed by atoms with Gasteiger partial charge in [0.2, 0.25) is 0 Å². The predicted octanol–water partition coefficient (Wildman–Crippen LogP) is 1.08. The quantitative estimate of drug-likeness (QED) is 0.911. The summed E-state index contributed by atoms with van der Waals surface area (Å²) >= 11 is 0. The van der Waals surface area contributed by atoms with Crippen LogP contribution < -0.4 is 5.32 Å². The van der Waals surface area contributed by atoms with Crippen LogP contribution in [0, 0.1) is 0 Å². The molecule has 1 heterocycles. The minimum atomic E-state index is -3.45. The highest BCUT2D eigenvalue weighted by molar-refractivity contribution is 7.90. The molecule has 0 spiro atoms. The Morgan fingerprint density at radius 2 is 1.95 bits per heavy atom. The highest BCUT2D eigenvalue weighted by atomic mass is 32.2. The first-order valence-corrected chi connectivity index (χ1v) is 7.37. The first-order chi connectivity index (χ1) is 8.88. The summed E-state index contributed by atoms with van der Waals surface area (Å²) in [6.07, 6.45) is 2.75. The lowest BCUT2D eigenvalue weighted by Gasteiger charge is -2.07. The number of nitrogens with zero attached hydrogens (tertiary/aromatic N) is 2. The van der Waals surface area contributed by atoms with Crippen LogP contribution in [0.1, 0.15) is 10.4 Å². The van der Waals surface area contributed by atoms with Crippen molar-refractivity contribution >= 4 is 21.6 Å². The maximum absolute atomic E-state index is 12.1. The molecule has 0 unspecified atom stereocenters. The normalized spacial score (nSPS) is 11.3. The number of sulfone groups is 1. The Morgan fingerprint density at radius 3 is 2.53 bits per heavy atom. The zero-order valence-electron chi connectivity index (χ0n) is 10.5.